The molecule has 2 aliphatic heterocycles. The standard InChI is InChI=1S/C22H20N2O6/c1-13-15-10-14(6-7-16(15)23-22(13)28)18(25)12-30-21(27)11-24-17-4-2-3-5-19(17)29-9-8-20(24)26/h2-7,10,13H,8-9,11-12H2,1H3,(H,23,28)/t13-/m1/s1. The van der Waals surface area contributed by atoms with Crippen molar-refractivity contribution in [2.24, 2.45) is 0 Å². The van der Waals surface area contributed by atoms with Crippen LogP contribution in [0.2, 0.25) is 0 Å². The molecule has 0 unspecified atom stereocenters. The van der Waals surface area contributed by atoms with Gasteiger partial charge in [0.05, 0.1) is 24.6 Å². The summed E-state index contributed by atoms with van der Waals surface area (Å²) in [5, 5.41) is 2.74. The summed E-state index contributed by atoms with van der Waals surface area (Å²) in [6, 6.07) is 11.8. The van der Waals surface area contributed by atoms with Gasteiger partial charge in [-0.05, 0) is 42.8 Å². The largest absolute Gasteiger partial charge is 0.491 e. The number of carbonyl (C=O) groups excluding carboxylic acids is 4. The summed E-state index contributed by atoms with van der Waals surface area (Å²) in [7, 11) is 0. The second-order valence-corrected chi connectivity index (χ2v) is 7.14. The van der Waals surface area contributed by atoms with E-state index in [2.05, 4.69) is 5.32 Å². The van der Waals surface area contributed by atoms with Gasteiger partial charge >= 0.3 is 5.97 Å². The molecule has 0 bridgehead atoms. The Morgan fingerprint density at radius 1 is 1.20 bits per heavy atom. The number of benzene rings is 2. The molecule has 30 heavy (non-hydrogen) atoms. The second kappa shape index (κ2) is 7.98. The van der Waals surface area contributed by atoms with Crippen molar-refractivity contribution in [3.05, 3.63) is 53.6 Å². The number of carbonyl (C=O) groups is 4. The summed E-state index contributed by atoms with van der Waals surface area (Å²) >= 11 is 0. The molecule has 0 radical (unpaired) electrons. The molecule has 2 aliphatic rings. The number of ether oxygens (including phenoxy) is 2. The molecule has 8 nitrogen and oxygen atoms in total. The van der Waals surface area contributed by atoms with Crippen molar-refractivity contribution in [1.29, 1.82) is 0 Å². The van der Waals surface area contributed by atoms with Crippen molar-refractivity contribution in [2.45, 2.75) is 19.3 Å². The number of Topliss-reactive ketones (excluding diaryl/α,β-unsaturated/α-hetero) is 1. The molecular weight excluding hydrogens is 388 g/mol. The summed E-state index contributed by atoms with van der Waals surface area (Å²) in [6.07, 6.45) is 0.140. The molecule has 0 spiro atoms. The van der Waals surface area contributed by atoms with E-state index in [1.165, 1.54) is 4.90 Å². The number of nitrogens with zero attached hydrogens (tertiary/aromatic N) is 1. The topological polar surface area (TPSA) is 102 Å². The maximum absolute atomic E-state index is 12.5. The lowest BCUT2D eigenvalue weighted by molar-refractivity contribution is -0.141. The van der Waals surface area contributed by atoms with Crippen LogP contribution in [0.15, 0.2) is 42.5 Å². The maximum Gasteiger partial charge on any atom is 0.326 e. The van der Waals surface area contributed by atoms with E-state index in [4.69, 9.17) is 9.47 Å². The molecule has 8 heteroatoms. The van der Waals surface area contributed by atoms with E-state index < -0.39 is 12.6 Å². The van der Waals surface area contributed by atoms with Gasteiger partial charge in [-0.2, -0.15) is 0 Å². The molecule has 2 heterocycles. The van der Waals surface area contributed by atoms with Crippen molar-refractivity contribution in [3.63, 3.8) is 0 Å². The third-order valence-corrected chi connectivity index (χ3v) is 5.17. The lowest BCUT2D eigenvalue weighted by Gasteiger charge is -2.20. The van der Waals surface area contributed by atoms with E-state index >= 15 is 0 Å². The second-order valence-electron chi connectivity index (χ2n) is 7.14. The Kier molecular flexibility index (Phi) is 5.22. The molecular formula is C22H20N2O6. The van der Waals surface area contributed by atoms with Crippen LogP contribution in [0.25, 0.3) is 0 Å². The van der Waals surface area contributed by atoms with Gasteiger partial charge in [0.1, 0.15) is 12.3 Å². The van der Waals surface area contributed by atoms with E-state index in [1.807, 2.05) is 0 Å². The first-order valence-electron chi connectivity index (χ1n) is 9.60. The van der Waals surface area contributed by atoms with Crippen LogP contribution in [0.3, 0.4) is 0 Å². The summed E-state index contributed by atoms with van der Waals surface area (Å²) in [4.78, 5) is 50.2. The first kappa shape index (κ1) is 19.6. The highest BCUT2D eigenvalue weighted by Gasteiger charge is 2.28. The van der Waals surface area contributed by atoms with Crippen molar-refractivity contribution < 1.29 is 28.7 Å². The number of para-hydroxylation sites is 2. The fraction of sp³-hybridized carbons (Fsp3) is 0.273. The third-order valence-electron chi connectivity index (χ3n) is 5.17. The van der Waals surface area contributed by atoms with Crippen molar-refractivity contribution in [1.82, 2.24) is 0 Å². The Labute approximate surface area is 172 Å². The van der Waals surface area contributed by atoms with Crippen molar-refractivity contribution in [2.75, 3.05) is 30.0 Å². The maximum atomic E-state index is 12.5. The van der Waals surface area contributed by atoms with E-state index in [0.717, 1.165) is 5.56 Å². The minimum absolute atomic E-state index is 0.118. The van der Waals surface area contributed by atoms with Gasteiger partial charge in [-0.15, -0.1) is 0 Å². The first-order chi connectivity index (χ1) is 14.4. The fourth-order valence-corrected chi connectivity index (χ4v) is 3.49. The van der Waals surface area contributed by atoms with Gasteiger partial charge in [0.2, 0.25) is 11.8 Å². The van der Waals surface area contributed by atoms with Gasteiger partial charge in [0.15, 0.2) is 12.4 Å². The zero-order valence-corrected chi connectivity index (χ0v) is 16.3. The molecule has 1 atom stereocenters. The van der Waals surface area contributed by atoms with Crippen molar-refractivity contribution >= 4 is 34.9 Å². The average molecular weight is 408 g/mol. The molecule has 154 valence electrons. The number of anilines is 2. The smallest absolute Gasteiger partial charge is 0.326 e. The summed E-state index contributed by atoms with van der Waals surface area (Å²) in [5.74, 6) is -1.28. The van der Waals surface area contributed by atoms with Crippen LogP contribution >= 0.6 is 0 Å². The number of hydrogen-bond donors (Lipinski definition) is 1. The highest BCUT2D eigenvalue weighted by molar-refractivity contribution is 6.05. The number of rotatable bonds is 5. The van der Waals surface area contributed by atoms with E-state index in [1.54, 1.807) is 49.4 Å². The summed E-state index contributed by atoms with van der Waals surface area (Å²) in [6.45, 7) is 1.23. The minimum Gasteiger partial charge on any atom is -0.491 e. The fourth-order valence-electron chi connectivity index (χ4n) is 3.49. The molecule has 2 amide bonds. The average Bonchev–Trinajstić information content (AvgIpc) is 2.93. The molecule has 0 aromatic heterocycles. The monoisotopic (exact) mass is 408 g/mol. The van der Waals surface area contributed by atoms with E-state index in [0.29, 0.717) is 22.7 Å². The van der Waals surface area contributed by atoms with Crippen LogP contribution in [-0.2, 0) is 19.1 Å². The van der Waals surface area contributed by atoms with Crippen LogP contribution in [-0.4, -0.2) is 43.3 Å². The van der Waals surface area contributed by atoms with Gasteiger partial charge < -0.3 is 14.8 Å². The first-order valence-corrected chi connectivity index (χ1v) is 9.60. The molecule has 0 fully saturated rings. The lowest BCUT2D eigenvalue weighted by atomic mass is 9.99. The van der Waals surface area contributed by atoms with Gasteiger partial charge in [0.25, 0.3) is 0 Å². The Morgan fingerprint density at radius 2 is 2.00 bits per heavy atom. The number of fused-ring (bicyclic) bond motifs is 2. The number of amides is 2. The molecule has 1 N–H and O–H groups in total. The predicted molar refractivity (Wildman–Crippen MR) is 108 cm³/mol. The summed E-state index contributed by atoms with van der Waals surface area (Å²) < 4.78 is 10.7. The summed E-state index contributed by atoms with van der Waals surface area (Å²) in [5.41, 5.74) is 2.27. The number of ketones is 1. The molecule has 0 aliphatic carbocycles. The van der Waals surface area contributed by atoms with Gasteiger partial charge in [-0.3, -0.25) is 24.1 Å². The van der Waals surface area contributed by atoms with Crippen LogP contribution in [0.4, 0.5) is 11.4 Å². The van der Waals surface area contributed by atoms with E-state index in [9.17, 15) is 19.2 Å². The number of hydrogen-bond acceptors (Lipinski definition) is 6. The van der Waals surface area contributed by atoms with Gasteiger partial charge in [0, 0.05) is 11.3 Å². The van der Waals surface area contributed by atoms with Crippen molar-refractivity contribution in [3.8, 4) is 5.75 Å². The minimum atomic E-state index is -0.695. The highest BCUT2D eigenvalue weighted by Crippen LogP contribution is 2.33. The number of esters is 1. The highest BCUT2D eigenvalue weighted by atomic mass is 16.5. The van der Waals surface area contributed by atoms with Crippen LogP contribution in [0, 0.1) is 0 Å². The zero-order chi connectivity index (χ0) is 21.3. The number of nitrogens with one attached hydrogen (secondary N) is 1. The predicted octanol–water partition coefficient (Wildman–Crippen LogP) is 2.28. The molecule has 0 saturated carbocycles. The Hall–Kier alpha value is -3.68. The van der Waals surface area contributed by atoms with Gasteiger partial charge in [-0.1, -0.05) is 12.1 Å². The molecule has 4 rings (SSSR count). The molecule has 2 aromatic carbocycles. The Bertz CT molecular complexity index is 1050. The third kappa shape index (κ3) is 3.76. The quantitative estimate of drug-likeness (QED) is 0.602. The molecule has 0 saturated heterocycles. The molecule has 2 aromatic rings. The lowest BCUT2D eigenvalue weighted by Crippen LogP contribution is -2.36. The Morgan fingerprint density at radius 3 is 2.83 bits per heavy atom. The van der Waals surface area contributed by atoms with E-state index in [-0.39, 0.29) is 43.1 Å². The Balaban J connectivity index is 1.40. The van der Waals surface area contributed by atoms with Crippen LogP contribution in [0.1, 0.15) is 35.2 Å². The van der Waals surface area contributed by atoms with Gasteiger partial charge in [-0.25, -0.2) is 0 Å². The van der Waals surface area contributed by atoms with Crippen LogP contribution < -0.4 is 15.0 Å². The zero-order valence-electron chi connectivity index (χ0n) is 16.3. The normalized spacial score (nSPS) is 17.4. The van der Waals surface area contributed by atoms with Crippen LogP contribution in [0.5, 0.6) is 5.75 Å². The SMILES string of the molecule is C[C@H]1C(=O)Nc2ccc(C(=O)COC(=O)CN3C(=O)CCOc4ccccc43)cc21.